The van der Waals surface area contributed by atoms with Crippen molar-refractivity contribution in [2.24, 2.45) is 5.10 Å². The minimum absolute atomic E-state index is 0.164. The largest absolute Gasteiger partial charge is 0.497 e. The van der Waals surface area contributed by atoms with E-state index >= 15 is 0 Å². The highest BCUT2D eigenvalue weighted by molar-refractivity contribution is 9.10. The van der Waals surface area contributed by atoms with Crippen LogP contribution in [0.4, 0.5) is 0 Å². The van der Waals surface area contributed by atoms with E-state index in [9.17, 15) is 4.79 Å². The van der Waals surface area contributed by atoms with E-state index in [1.807, 2.05) is 43.3 Å². The molecule has 0 aliphatic carbocycles. The predicted octanol–water partition coefficient (Wildman–Crippen LogP) is 4.56. The molecule has 0 aliphatic heterocycles. The van der Waals surface area contributed by atoms with Gasteiger partial charge in [-0.2, -0.15) is 5.10 Å². The Morgan fingerprint density at radius 2 is 1.82 bits per heavy atom. The molecule has 0 bridgehead atoms. The van der Waals surface area contributed by atoms with Crippen molar-refractivity contribution >= 4 is 28.1 Å². The number of methoxy groups -OCH3 is 1. The molecular formula is C22H22BrN3O2. The number of halogens is 1. The number of aromatic nitrogens is 1. The Morgan fingerprint density at radius 3 is 2.46 bits per heavy atom. The summed E-state index contributed by atoms with van der Waals surface area (Å²) in [6.07, 6.45) is 1.95. The number of aryl methyl sites for hydroxylation is 1. The normalized spacial score (nSPS) is 11.0. The predicted molar refractivity (Wildman–Crippen MR) is 115 cm³/mol. The van der Waals surface area contributed by atoms with Gasteiger partial charge in [-0.3, -0.25) is 4.79 Å². The van der Waals surface area contributed by atoms with Gasteiger partial charge in [-0.1, -0.05) is 28.1 Å². The van der Waals surface area contributed by atoms with Gasteiger partial charge in [0.15, 0.2) is 0 Å². The van der Waals surface area contributed by atoms with Crippen molar-refractivity contribution in [3.63, 3.8) is 0 Å². The monoisotopic (exact) mass is 439 g/mol. The maximum absolute atomic E-state index is 12.1. The van der Waals surface area contributed by atoms with Crippen LogP contribution in [0.2, 0.25) is 0 Å². The zero-order chi connectivity index (χ0) is 20.1. The maximum atomic E-state index is 12.1. The molecule has 6 heteroatoms. The van der Waals surface area contributed by atoms with Crippen molar-refractivity contribution in [1.29, 1.82) is 0 Å². The SMILES string of the molecule is COc1ccc(CC(=O)N/N=C\c2cc(C)n(-c3ccc(Br)cc3)c2C)cc1. The summed E-state index contributed by atoms with van der Waals surface area (Å²) in [5.41, 5.74) is 7.71. The number of hydrazone groups is 1. The highest BCUT2D eigenvalue weighted by Crippen LogP contribution is 2.21. The van der Waals surface area contributed by atoms with Crippen LogP contribution in [0.5, 0.6) is 5.75 Å². The fraction of sp³-hybridized carbons (Fsp3) is 0.182. The molecule has 0 radical (unpaired) electrons. The van der Waals surface area contributed by atoms with Gasteiger partial charge in [0.25, 0.3) is 0 Å². The number of hydrogen-bond acceptors (Lipinski definition) is 3. The zero-order valence-corrected chi connectivity index (χ0v) is 17.7. The van der Waals surface area contributed by atoms with Crippen LogP contribution < -0.4 is 10.2 Å². The summed E-state index contributed by atoms with van der Waals surface area (Å²) in [4.78, 5) is 12.1. The Kier molecular flexibility index (Phi) is 6.31. The molecule has 1 aromatic heterocycles. The molecule has 0 unspecified atom stereocenters. The molecule has 1 heterocycles. The number of nitrogens with zero attached hydrogens (tertiary/aromatic N) is 2. The summed E-state index contributed by atoms with van der Waals surface area (Å²) < 4.78 is 8.32. The first-order chi connectivity index (χ1) is 13.5. The van der Waals surface area contributed by atoms with Gasteiger partial charge in [0.2, 0.25) is 5.91 Å². The van der Waals surface area contributed by atoms with E-state index in [0.717, 1.165) is 38.4 Å². The van der Waals surface area contributed by atoms with E-state index in [2.05, 4.69) is 56.1 Å². The van der Waals surface area contributed by atoms with Crippen LogP contribution in [0, 0.1) is 13.8 Å². The number of nitrogens with one attached hydrogen (secondary N) is 1. The summed E-state index contributed by atoms with van der Waals surface area (Å²) in [7, 11) is 1.62. The molecule has 144 valence electrons. The summed E-state index contributed by atoms with van der Waals surface area (Å²) in [6, 6.07) is 17.6. The zero-order valence-electron chi connectivity index (χ0n) is 16.1. The van der Waals surface area contributed by atoms with Crippen LogP contribution in [0.25, 0.3) is 5.69 Å². The molecule has 0 saturated heterocycles. The van der Waals surface area contributed by atoms with E-state index in [0.29, 0.717) is 0 Å². The Bertz CT molecular complexity index is 990. The number of hydrogen-bond donors (Lipinski definition) is 1. The quantitative estimate of drug-likeness (QED) is 0.452. The van der Waals surface area contributed by atoms with E-state index in [1.54, 1.807) is 13.3 Å². The van der Waals surface area contributed by atoms with Gasteiger partial charge in [0.05, 0.1) is 19.7 Å². The summed E-state index contributed by atoms with van der Waals surface area (Å²) in [5.74, 6) is 0.603. The van der Waals surface area contributed by atoms with Crippen LogP contribution in [-0.2, 0) is 11.2 Å². The molecule has 5 nitrogen and oxygen atoms in total. The number of rotatable bonds is 6. The van der Waals surface area contributed by atoms with Gasteiger partial charge in [0, 0.05) is 27.1 Å². The van der Waals surface area contributed by atoms with Crippen LogP contribution in [-0.4, -0.2) is 23.8 Å². The van der Waals surface area contributed by atoms with Gasteiger partial charge in [-0.05, 0) is 61.9 Å². The lowest BCUT2D eigenvalue weighted by Crippen LogP contribution is -2.19. The van der Waals surface area contributed by atoms with Gasteiger partial charge in [0.1, 0.15) is 5.75 Å². The molecule has 1 N–H and O–H groups in total. The summed E-state index contributed by atoms with van der Waals surface area (Å²) in [5, 5.41) is 4.12. The minimum Gasteiger partial charge on any atom is -0.497 e. The minimum atomic E-state index is -0.164. The summed E-state index contributed by atoms with van der Waals surface area (Å²) >= 11 is 3.46. The Morgan fingerprint density at radius 1 is 1.14 bits per heavy atom. The van der Waals surface area contributed by atoms with Crippen LogP contribution in [0.1, 0.15) is 22.5 Å². The molecule has 0 spiro atoms. The third kappa shape index (κ3) is 4.70. The molecule has 0 aliphatic rings. The number of ether oxygens (including phenoxy) is 1. The maximum Gasteiger partial charge on any atom is 0.244 e. The van der Waals surface area contributed by atoms with Crippen molar-refractivity contribution < 1.29 is 9.53 Å². The first-order valence-corrected chi connectivity index (χ1v) is 9.67. The Hall–Kier alpha value is -2.86. The van der Waals surface area contributed by atoms with Crippen LogP contribution in [0.15, 0.2) is 64.2 Å². The third-order valence-corrected chi connectivity index (χ3v) is 5.00. The smallest absolute Gasteiger partial charge is 0.244 e. The number of amides is 1. The number of carbonyl (C=O) groups excluding carboxylic acids is 1. The number of benzene rings is 2. The Balaban J connectivity index is 1.66. The molecule has 2 aromatic carbocycles. The molecule has 0 atom stereocenters. The first kappa shape index (κ1) is 19.9. The van der Waals surface area contributed by atoms with E-state index in [1.165, 1.54) is 0 Å². The topological polar surface area (TPSA) is 55.6 Å². The van der Waals surface area contributed by atoms with Crippen molar-refractivity contribution in [1.82, 2.24) is 9.99 Å². The fourth-order valence-corrected chi connectivity index (χ4v) is 3.31. The molecule has 0 saturated carbocycles. The third-order valence-electron chi connectivity index (χ3n) is 4.47. The van der Waals surface area contributed by atoms with Gasteiger partial charge >= 0.3 is 0 Å². The fourth-order valence-electron chi connectivity index (χ4n) is 3.05. The van der Waals surface area contributed by atoms with Crippen molar-refractivity contribution in [3.05, 3.63) is 81.6 Å². The van der Waals surface area contributed by atoms with Crippen molar-refractivity contribution in [2.45, 2.75) is 20.3 Å². The highest BCUT2D eigenvalue weighted by Gasteiger charge is 2.09. The molecular weight excluding hydrogens is 418 g/mol. The van der Waals surface area contributed by atoms with Gasteiger partial charge in [-0.15, -0.1) is 0 Å². The first-order valence-electron chi connectivity index (χ1n) is 8.87. The Labute approximate surface area is 173 Å². The molecule has 3 aromatic rings. The second kappa shape index (κ2) is 8.89. The molecule has 3 rings (SSSR count). The second-order valence-corrected chi connectivity index (χ2v) is 7.37. The lowest BCUT2D eigenvalue weighted by atomic mass is 10.1. The lowest BCUT2D eigenvalue weighted by molar-refractivity contribution is -0.120. The second-order valence-electron chi connectivity index (χ2n) is 6.46. The average Bonchev–Trinajstić information content (AvgIpc) is 2.97. The van der Waals surface area contributed by atoms with E-state index in [4.69, 9.17) is 4.74 Å². The standard InChI is InChI=1S/C22H22BrN3O2/c1-15-12-18(16(2)26(15)20-8-6-19(23)7-9-20)14-24-25-22(27)13-17-4-10-21(28-3)11-5-17/h4-12,14H,13H2,1-3H3,(H,25,27)/b24-14-. The molecule has 1 amide bonds. The van der Waals surface area contributed by atoms with Crippen molar-refractivity contribution in [2.75, 3.05) is 7.11 Å². The summed E-state index contributed by atoms with van der Waals surface area (Å²) in [6.45, 7) is 4.09. The van der Waals surface area contributed by atoms with Crippen molar-refractivity contribution in [3.8, 4) is 11.4 Å². The van der Waals surface area contributed by atoms with E-state index < -0.39 is 0 Å². The number of carbonyl (C=O) groups is 1. The van der Waals surface area contributed by atoms with Gasteiger partial charge < -0.3 is 9.30 Å². The average molecular weight is 440 g/mol. The lowest BCUT2D eigenvalue weighted by Gasteiger charge is -2.09. The van der Waals surface area contributed by atoms with E-state index in [-0.39, 0.29) is 12.3 Å². The van der Waals surface area contributed by atoms with Gasteiger partial charge in [-0.25, -0.2) is 5.43 Å². The van der Waals surface area contributed by atoms with Crippen LogP contribution in [0.3, 0.4) is 0 Å². The molecule has 0 fully saturated rings. The highest BCUT2D eigenvalue weighted by atomic mass is 79.9. The van der Waals surface area contributed by atoms with Crippen LogP contribution >= 0.6 is 15.9 Å². The molecule has 28 heavy (non-hydrogen) atoms.